The first kappa shape index (κ1) is 20.5. The van der Waals surface area contributed by atoms with E-state index in [9.17, 15) is 14.4 Å². The van der Waals surface area contributed by atoms with Gasteiger partial charge in [0.1, 0.15) is 18.7 Å². The van der Waals surface area contributed by atoms with E-state index in [0.29, 0.717) is 44.0 Å². The Labute approximate surface area is 176 Å². The van der Waals surface area contributed by atoms with Crippen LogP contribution in [-0.4, -0.2) is 77.5 Å². The monoisotopic (exact) mass is 415 g/mol. The molecule has 2 heterocycles. The second-order valence-corrected chi connectivity index (χ2v) is 8.26. The molecule has 1 aromatic rings. The Morgan fingerprint density at radius 1 is 1.17 bits per heavy atom. The van der Waals surface area contributed by atoms with E-state index in [1.165, 1.54) is 0 Å². The Hall–Kier alpha value is -2.77. The summed E-state index contributed by atoms with van der Waals surface area (Å²) in [5.74, 6) is 0.855. The molecule has 0 aromatic heterocycles. The molecule has 162 valence electrons. The number of imide groups is 1. The van der Waals surface area contributed by atoms with Crippen molar-refractivity contribution >= 4 is 17.8 Å². The summed E-state index contributed by atoms with van der Waals surface area (Å²) in [5.41, 5.74) is -0.767. The van der Waals surface area contributed by atoms with Gasteiger partial charge in [0.05, 0.1) is 6.54 Å². The molecule has 30 heavy (non-hydrogen) atoms. The van der Waals surface area contributed by atoms with Crippen LogP contribution in [0.1, 0.15) is 39.0 Å². The van der Waals surface area contributed by atoms with Crippen LogP contribution in [0, 0.1) is 0 Å². The van der Waals surface area contributed by atoms with E-state index in [2.05, 4.69) is 0 Å². The lowest BCUT2D eigenvalue weighted by Gasteiger charge is -2.35. The fourth-order valence-electron chi connectivity index (χ4n) is 4.71. The number of carbonyl (C=O) groups excluding carboxylic acids is 3. The van der Waals surface area contributed by atoms with Crippen molar-refractivity contribution in [3.63, 3.8) is 0 Å². The summed E-state index contributed by atoms with van der Waals surface area (Å²) in [6.07, 6.45) is 3.96. The number of para-hydroxylation sites is 2. The Morgan fingerprint density at radius 2 is 1.87 bits per heavy atom. The molecule has 4 rings (SSSR count). The molecule has 1 spiro atoms. The summed E-state index contributed by atoms with van der Waals surface area (Å²) in [5, 5.41) is 0. The number of hydrogen-bond donors (Lipinski definition) is 0. The first-order valence-electron chi connectivity index (χ1n) is 10.7. The van der Waals surface area contributed by atoms with Crippen molar-refractivity contribution < 1.29 is 23.9 Å². The number of hydrogen-bond acceptors (Lipinski definition) is 5. The molecule has 8 nitrogen and oxygen atoms in total. The molecule has 4 amide bonds. The number of amides is 4. The van der Waals surface area contributed by atoms with Gasteiger partial charge in [-0.2, -0.15) is 0 Å². The Kier molecular flexibility index (Phi) is 5.58. The number of carbonyl (C=O) groups is 3. The van der Waals surface area contributed by atoms with Crippen molar-refractivity contribution in [2.75, 3.05) is 33.3 Å². The predicted molar refractivity (Wildman–Crippen MR) is 109 cm³/mol. The predicted octanol–water partition coefficient (Wildman–Crippen LogP) is 2.27. The van der Waals surface area contributed by atoms with Crippen LogP contribution in [0.2, 0.25) is 0 Å². The minimum absolute atomic E-state index is 0.231. The van der Waals surface area contributed by atoms with E-state index in [1.807, 2.05) is 31.2 Å². The van der Waals surface area contributed by atoms with Gasteiger partial charge in [-0.3, -0.25) is 14.5 Å². The minimum Gasteiger partial charge on any atom is -0.486 e. The van der Waals surface area contributed by atoms with Gasteiger partial charge in [-0.25, -0.2) is 4.79 Å². The highest BCUT2D eigenvalue weighted by atomic mass is 16.6. The summed E-state index contributed by atoms with van der Waals surface area (Å²) in [7, 11) is 1.68. The van der Waals surface area contributed by atoms with Crippen molar-refractivity contribution in [1.29, 1.82) is 0 Å². The molecule has 1 aromatic carbocycles. The summed E-state index contributed by atoms with van der Waals surface area (Å²) < 4.78 is 11.7. The molecule has 2 aliphatic heterocycles. The molecule has 3 aliphatic rings. The quantitative estimate of drug-likeness (QED) is 0.690. The van der Waals surface area contributed by atoms with Gasteiger partial charge in [-0.1, -0.05) is 31.4 Å². The number of rotatable bonds is 5. The Morgan fingerprint density at radius 3 is 2.57 bits per heavy atom. The smallest absolute Gasteiger partial charge is 0.327 e. The van der Waals surface area contributed by atoms with Gasteiger partial charge in [0.25, 0.3) is 5.91 Å². The van der Waals surface area contributed by atoms with E-state index in [1.54, 1.807) is 16.8 Å². The van der Waals surface area contributed by atoms with Crippen LogP contribution in [0.15, 0.2) is 24.3 Å². The van der Waals surface area contributed by atoms with Gasteiger partial charge >= 0.3 is 6.03 Å². The highest BCUT2D eigenvalue weighted by Gasteiger charge is 2.56. The molecule has 2 fully saturated rings. The highest BCUT2D eigenvalue weighted by molar-refractivity contribution is 6.08. The molecule has 0 radical (unpaired) electrons. The number of fused-ring (bicyclic) bond motifs is 1. The lowest BCUT2D eigenvalue weighted by Crippen LogP contribution is -2.50. The largest absolute Gasteiger partial charge is 0.486 e. The van der Waals surface area contributed by atoms with Crippen molar-refractivity contribution in [2.24, 2.45) is 0 Å². The molecule has 1 saturated heterocycles. The lowest BCUT2D eigenvalue weighted by molar-refractivity contribution is -0.141. The van der Waals surface area contributed by atoms with Crippen molar-refractivity contribution in [1.82, 2.24) is 14.7 Å². The summed E-state index contributed by atoms with van der Waals surface area (Å²) in [6, 6.07) is 7.05. The van der Waals surface area contributed by atoms with Crippen molar-refractivity contribution in [3.8, 4) is 11.5 Å². The molecule has 0 N–H and O–H groups in total. The normalized spacial score (nSPS) is 22.5. The third-order valence-corrected chi connectivity index (χ3v) is 6.50. The van der Waals surface area contributed by atoms with E-state index >= 15 is 0 Å². The van der Waals surface area contributed by atoms with Gasteiger partial charge in [0, 0.05) is 13.6 Å². The molecule has 8 heteroatoms. The van der Waals surface area contributed by atoms with E-state index in [0.717, 1.165) is 24.2 Å². The van der Waals surface area contributed by atoms with Crippen LogP contribution in [0.3, 0.4) is 0 Å². The second kappa shape index (κ2) is 8.16. The number of benzene rings is 1. The van der Waals surface area contributed by atoms with Crippen LogP contribution in [-0.2, 0) is 9.59 Å². The standard InChI is InChI=1S/C22H29N3O5/c1-3-24(13-16-15-29-17-9-5-6-10-18(17)30-16)19(26)14-25-20(27)22(23(2)21(25)28)11-7-4-8-12-22/h5-6,9-10,16H,3-4,7-8,11-15H2,1-2H3. The number of nitrogens with zero attached hydrogens (tertiary/aromatic N) is 3. The molecule has 1 unspecified atom stereocenters. The average Bonchev–Trinajstić information content (AvgIpc) is 2.94. The highest BCUT2D eigenvalue weighted by Crippen LogP contribution is 2.39. The van der Waals surface area contributed by atoms with Gasteiger partial charge in [0.15, 0.2) is 17.6 Å². The fourth-order valence-corrected chi connectivity index (χ4v) is 4.71. The number of likely N-dealkylation sites (N-methyl/N-ethyl adjacent to an activating group) is 2. The topological polar surface area (TPSA) is 79.4 Å². The van der Waals surface area contributed by atoms with Crippen molar-refractivity contribution in [2.45, 2.75) is 50.7 Å². The van der Waals surface area contributed by atoms with Crippen LogP contribution >= 0.6 is 0 Å². The summed E-state index contributed by atoms with van der Waals surface area (Å²) in [4.78, 5) is 43.2. The van der Waals surface area contributed by atoms with E-state index in [-0.39, 0.29) is 30.5 Å². The van der Waals surface area contributed by atoms with Crippen LogP contribution in [0.4, 0.5) is 4.79 Å². The Bertz CT molecular complexity index is 836. The number of urea groups is 1. The third kappa shape index (κ3) is 3.48. The van der Waals surface area contributed by atoms with Gasteiger partial charge in [-0.05, 0) is 31.9 Å². The van der Waals surface area contributed by atoms with Crippen LogP contribution < -0.4 is 9.47 Å². The van der Waals surface area contributed by atoms with E-state index < -0.39 is 5.54 Å². The first-order chi connectivity index (χ1) is 14.5. The van der Waals surface area contributed by atoms with Gasteiger partial charge in [-0.15, -0.1) is 0 Å². The van der Waals surface area contributed by atoms with Gasteiger partial charge in [0.2, 0.25) is 5.91 Å². The minimum atomic E-state index is -0.767. The average molecular weight is 415 g/mol. The zero-order valence-electron chi connectivity index (χ0n) is 17.6. The summed E-state index contributed by atoms with van der Waals surface area (Å²) in [6.45, 7) is 2.77. The molecule has 1 aliphatic carbocycles. The zero-order chi connectivity index (χ0) is 21.3. The van der Waals surface area contributed by atoms with E-state index in [4.69, 9.17) is 9.47 Å². The van der Waals surface area contributed by atoms with Crippen LogP contribution in [0.5, 0.6) is 11.5 Å². The maximum absolute atomic E-state index is 13.1. The molecule has 0 bridgehead atoms. The van der Waals surface area contributed by atoms with Crippen molar-refractivity contribution in [3.05, 3.63) is 24.3 Å². The van der Waals surface area contributed by atoms with Crippen LogP contribution in [0.25, 0.3) is 0 Å². The second-order valence-electron chi connectivity index (χ2n) is 8.26. The summed E-state index contributed by atoms with van der Waals surface area (Å²) >= 11 is 0. The molecular weight excluding hydrogens is 386 g/mol. The zero-order valence-corrected chi connectivity index (χ0v) is 17.6. The number of ether oxygens (including phenoxy) is 2. The maximum Gasteiger partial charge on any atom is 0.327 e. The fraction of sp³-hybridized carbons (Fsp3) is 0.591. The molecule has 1 saturated carbocycles. The van der Waals surface area contributed by atoms with Gasteiger partial charge < -0.3 is 19.3 Å². The molecule has 1 atom stereocenters. The maximum atomic E-state index is 13.1. The Balaban J connectivity index is 1.41. The SMILES string of the molecule is CCN(CC1COc2ccccc2O1)C(=O)CN1C(=O)N(C)C2(CCCCC2)C1=O. The lowest BCUT2D eigenvalue weighted by atomic mass is 9.81. The third-order valence-electron chi connectivity index (χ3n) is 6.50. The molecular formula is C22H29N3O5. The first-order valence-corrected chi connectivity index (χ1v) is 10.7.